The Labute approximate surface area is 227 Å². The van der Waals surface area contributed by atoms with Crippen molar-refractivity contribution >= 4 is 0 Å². The summed E-state index contributed by atoms with van der Waals surface area (Å²) in [7, 11) is 0. The molecular weight excluding hydrogens is 484 g/mol. The van der Waals surface area contributed by atoms with Crippen molar-refractivity contribution < 1.29 is 33.2 Å². The van der Waals surface area contributed by atoms with Gasteiger partial charge in [-0.25, -0.2) is 0 Å². The van der Waals surface area contributed by atoms with Gasteiger partial charge in [-0.1, -0.05) is 64.4 Å². The second-order valence-electron chi connectivity index (χ2n) is 8.32. The van der Waals surface area contributed by atoms with Crippen LogP contribution in [0.15, 0.2) is 99.9 Å². The van der Waals surface area contributed by atoms with Crippen LogP contribution in [0.3, 0.4) is 0 Å². The molecule has 208 valence electrons. The fourth-order valence-corrected chi connectivity index (χ4v) is 3.29. The predicted octanol–water partition coefficient (Wildman–Crippen LogP) is 7.11. The highest BCUT2D eigenvalue weighted by molar-refractivity contribution is 5.41. The maximum Gasteiger partial charge on any atom is 0.199 e. The molecule has 2 unspecified atom stereocenters. The topological polar surface area (TPSA) is 64.6 Å². The number of rotatable bonds is 18. The molecule has 0 aromatic heterocycles. The van der Waals surface area contributed by atoms with Crippen LogP contribution in [0.2, 0.25) is 0 Å². The zero-order chi connectivity index (χ0) is 28.2. The van der Waals surface area contributed by atoms with Gasteiger partial charge in [-0.15, -0.1) is 0 Å². The number of ether oxygens (including phenoxy) is 7. The van der Waals surface area contributed by atoms with Crippen LogP contribution >= 0.6 is 0 Å². The van der Waals surface area contributed by atoms with E-state index < -0.39 is 0 Å². The molecule has 0 fully saturated rings. The van der Waals surface area contributed by atoms with Gasteiger partial charge in [0.2, 0.25) is 0 Å². The Kier molecular flexibility index (Phi) is 15.6. The maximum absolute atomic E-state index is 5.65. The molecule has 0 spiro atoms. The first kappa shape index (κ1) is 32.2. The maximum atomic E-state index is 5.65. The van der Waals surface area contributed by atoms with E-state index in [1.165, 1.54) is 36.2 Å². The summed E-state index contributed by atoms with van der Waals surface area (Å²) >= 11 is 0. The van der Waals surface area contributed by atoms with Gasteiger partial charge >= 0.3 is 0 Å². The highest BCUT2D eigenvalue weighted by atomic mass is 16.8. The largest absolute Gasteiger partial charge is 0.498 e. The molecule has 0 radical (unpaired) electrons. The quantitative estimate of drug-likeness (QED) is 0.117. The van der Waals surface area contributed by atoms with Crippen molar-refractivity contribution in [2.75, 3.05) is 26.4 Å². The van der Waals surface area contributed by atoms with Crippen LogP contribution < -0.4 is 9.47 Å². The van der Waals surface area contributed by atoms with Crippen LogP contribution in [0.25, 0.3) is 0 Å². The molecule has 0 heterocycles. The van der Waals surface area contributed by atoms with E-state index >= 15 is 0 Å². The van der Waals surface area contributed by atoms with Crippen LogP contribution in [-0.2, 0) is 29.1 Å². The minimum atomic E-state index is -0.345. The first-order valence-corrected chi connectivity index (χ1v) is 12.4. The van der Waals surface area contributed by atoms with E-state index in [1.54, 1.807) is 13.8 Å². The molecule has 2 rings (SSSR count). The molecule has 0 saturated carbocycles. The summed E-state index contributed by atoms with van der Waals surface area (Å²) in [6.07, 6.45) is 4.79. The molecular formula is C31H42O7. The average molecular weight is 527 g/mol. The predicted molar refractivity (Wildman–Crippen MR) is 151 cm³/mol. The molecule has 38 heavy (non-hydrogen) atoms. The molecule has 0 bridgehead atoms. The Bertz CT molecular complexity index is 860. The second kappa shape index (κ2) is 18.4. The molecule has 2 aromatic rings. The van der Waals surface area contributed by atoms with Crippen molar-refractivity contribution in [3.8, 4) is 11.5 Å². The molecule has 7 nitrogen and oxygen atoms in total. The molecule has 0 aliphatic carbocycles. The summed E-state index contributed by atoms with van der Waals surface area (Å²) in [6.45, 7) is 23.7. The van der Waals surface area contributed by atoms with E-state index in [2.05, 4.69) is 64.4 Å². The molecule has 0 aliphatic rings. The van der Waals surface area contributed by atoms with Gasteiger partial charge < -0.3 is 33.2 Å². The van der Waals surface area contributed by atoms with Crippen molar-refractivity contribution in [1.82, 2.24) is 0 Å². The molecule has 0 N–H and O–H groups in total. The summed E-state index contributed by atoms with van der Waals surface area (Å²) in [5.41, 5.74) is 2.30. The lowest BCUT2D eigenvalue weighted by atomic mass is 9.78. The minimum Gasteiger partial charge on any atom is -0.498 e. The van der Waals surface area contributed by atoms with Crippen LogP contribution in [0.1, 0.15) is 38.8 Å². The van der Waals surface area contributed by atoms with E-state index in [0.717, 1.165) is 11.5 Å². The standard InChI is InChI=1S/C23H28O4.C8H14O3/c1-5-24-15-17-26-21-11-7-19(8-12-21)23(3,4)20-9-13-22(14-10-20)27-18-16-25-6-2;1-5-9-7(3)11-8(4)10-6-2/h5-14H,1-2,15-18H2,3-4H3;5-8H,1-2H2,3-4H3. The Morgan fingerprint density at radius 2 is 0.974 bits per heavy atom. The molecule has 0 saturated heterocycles. The summed E-state index contributed by atoms with van der Waals surface area (Å²) in [4.78, 5) is 0. The zero-order valence-electron chi connectivity index (χ0n) is 23.1. The fourth-order valence-electron chi connectivity index (χ4n) is 3.29. The second-order valence-corrected chi connectivity index (χ2v) is 8.32. The van der Waals surface area contributed by atoms with Gasteiger partial charge in [-0.2, -0.15) is 0 Å². The van der Waals surface area contributed by atoms with Gasteiger partial charge in [0.25, 0.3) is 0 Å². The third-order valence-corrected chi connectivity index (χ3v) is 5.29. The van der Waals surface area contributed by atoms with Crippen molar-refractivity contribution in [3.63, 3.8) is 0 Å². The molecule has 2 atom stereocenters. The van der Waals surface area contributed by atoms with E-state index in [0.29, 0.717) is 26.4 Å². The Balaban J connectivity index is 0.000000554. The highest BCUT2D eigenvalue weighted by Gasteiger charge is 2.23. The smallest absolute Gasteiger partial charge is 0.199 e. The molecule has 7 heteroatoms. The monoisotopic (exact) mass is 526 g/mol. The first-order chi connectivity index (χ1) is 18.3. The third-order valence-electron chi connectivity index (χ3n) is 5.29. The number of hydrogen-bond acceptors (Lipinski definition) is 7. The molecule has 0 aliphatic heterocycles. The van der Waals surface area contributed by atoms with Gasteiger partial charge in [0.05, 0.1) is 25.0 Å². The summed E-state index contributed by atoms with van der Waals surface area (Å²) in [5, 5.41) is 0. The van der Waals surface area contributed by atoms with Crippen LogP contribution in [0.4, 0.5) is 0 Å². The van der Waals surface area contributed by atoms with Crippen LogP contribution in [-0.4, -0.2) is 39.0 Å². The number of hydrogen-bond donors (Lipinski definition) is 0. The van der Waals surface area contributed by atoms with Gasteiger partial charge in [0.15, 0.2) is 12.6 Å². The summed E-state index contributed by atoms with van der Waals surface area (Å²) in [6, 6.07) is 16.3. The van der Waals surface area contributed by atoms with Gasteiger partial charge in [-0.3, -0.25) is 0 Å². The van der Waals surface area contributed by atoms with Crippen molar-refractivity contribution in [2.45, 2.75) is 45.7 Å². The van der Waals surface area contributed by atoms with Crippen molar-refractivity contribution in [3.05, 3.63) is 111 Å². The lowest BCUT2D eigenvalue weighted by Crippen LogP contribution is -2.18. The van der Waals surface area contributed by atoms with E-state index in [-0.39, 0.29) is 18.0 Å². The van der Waals surface area contributed by atoms with Gasteiger partial charge in [0, 0.05) is 5.41 Å². The lowest BCUT2D eigenvalue weighted by Gasteiger charge is -2.26. The summed E-state index contributed by atoms with van der Waals surface area (Å²) in [5.74, 6) is 1.65. The summed E-state index contributed by atoms with van der Waals surface area (Å²) < 4.78 is 36.3. The zero-order valence-corrected chi connectivity index (χ0v) is 23.1. The fraction of sp³-hybridized carbons (Fsp3) is 0.355. The van der Waals surface area contributed by atoms with Crippen LogP contribution in [0.5, 0.6) is 11.5 Å². The molecule has 0 amide bonds. The van der Waals surface area contributed by atoms with Crippen LogP contribution in [0, 0.1) is 0 Å². The molecule has 2 aromatic carbocycles. The number of benzene rings is 2. The highest BCUT2D eigenvalue weighted by Crippen LogP contribution is 2.33. The third kappa shape index (κ3) is 12.4. The van der Waals surface area contributed by atoms with E-state index in [4.69, 9.17) is 33.2 Å². The van der Waals surface area contributed by atoms with Gasteiger partial charge in [-0.05, 0) is 49.2 Å². The van der Waals surface area contributed by atoms with Gasteiger partial charge in [0.1, 0.15) is 37.9 Å². The first-order valence-electron chi connectivity index (χ1n) is 12.4. The lowest BCUT2D eigenvalue weighted by molar-refractivity contribution is -0.196. The minimum absolute atomic E-state index is 0.130. The Morgan fingerprint density at radius 3 is 1.29 bits per heavy atom. The Hall–Kier alpha value is -3.84. The van der Waals surface area contributed by atoms with Crippen molar-refractivity contribution in [2.24, 2.45) is 0 Å². The average Bonchev–Trinajstić information content (AvgIpc) is 2.90. The van der Waals surface area contributed by atoms with Crippen molar-refractivity contribution in [1.29, 1.82) is 0 Å². The van der Waals surface area contributed by atoms with E-state index in [9.17, 15) is 0 Å². The SMILES string of the molecule is C=COC(C)OC(C)OC=C.C=COCCOc1ccc(C(C)(C)c2ccc(OCCOC=C)cc2)cc1. The Morgan fingerprint density at radius 1 is 0.605 bits per heavy atom. The normalized spacial score (nSPS) is 11.9. The van der Waals surface area contributed by atoms with E-state index in [1.807, 2.05) is 24.3 Å².